The van der Waals surface area contributed by atoms with Crippen molar-refractivity contribution in [1.82, 2.24) is 9.97 Å². The molecule has 1 aromatic heterocycles. The van der Waals surface area contributed by atoms with Crippen LogP contribution >= 0.6 is 11.6 Å². The van der Waals surface area contributed by atoms with Gasteiger partial charge in [0.1, 0.15) is 0 Å². The molecule has 1 fully saturated rings. The van der Waals surface area contributed by atoms with Crippen LogP contribution in [0.25, 0.3) is 11.0 Å². The number of aromatic nitrogens is 2. The molecule has 1 aromatic carbocycles. The molecule has 2 heterocycles. The van der Waals surface area contributed by atoms with Gasteiger partial charge in [-0.05, 0) is 38.0 Å². The van der Waals surface area contributed by atoms with E-state index in [0.717, 1.165) is 42.9 Å². The van der Waals surface area contributed by atoms with E-state index < -0.39 is 0 Å². The van der Waals surface area contributed by atoms with Gasteiger partial charge in [-0.3, -0.25) is 4.79 Å². The van der Waals surface area contributed by atoms with Gasteiger partial charge in [0.2, 0.25) is 5.95 Å². The second-order valence-corrected chi connectivity index (χ2v) is 5.67. The molecule has 0 spiro atoms. The number of fused-ring (bicyclic) bond motifs is 1. The largest absolute Gasteiger partial charge is 0.466 e. The highest BCUT2D eigenvalue weighted by Gasteiger charge is 2.27. The molecule has 6 heteroatoms. The standard InChI is InChI=1S/C15H18ClN3O2/c1-2-21-14(20)10-5-7-19(8-6-10)15-17-12-4-3-11(16)9-13(12)18-15/h3-4,9-10H,2,5-8H2,1H3,(H,17,18). The van der Waals surface area contributed by atoms with Gasteiger partial charge >= 0.3 is 5.97 Å². The van der Waals surface area contributed by atoms with Gasteiger partial charge in [0.15, 0.2) is 0 Å². The lowest BCUT2D eigenvalue weighted by Gasteiger charge is -2.30. The van der Waals surface area contributed by atoms with Crippen molar-refractivity contribution in [3.8, 4) is 0 Å². The Morgan fingerprint density at radius 1 is 1.48 bits per heavy atom. The average molecular weight is 308 g/mol. The van der Waals surface area contributed by atoms with Crippen LogP contribution in [0.15, 0.2) is 18.2 Å². The van der Waals surface area contributed by atoms with E-state index in [4.69, 9.17) is 16.3 Å². The number of aromatic amines is 1. The Morgan fingerprint density at radius 2 is 2.24 bits per heavy atom. The highest BCUT2D eigenvalue weighted by molar-refractivity contribution is 6.31. The molecule has 1 aliphatic heterocycles. The molecule has 0 aliphatic carbocycles. The summed E-state index contributed by atoms with van der Waals surface area (Å²) in [6.07, 6.45) is 1.60. The fraction of sp³-hybridized carbons (Fsp3) is 0.467. The normalized spacial score (nSPS) is 16.4. The number of esters is 1. The van der Waals surface area contributed by atoms with Crippen molar-refractivity contribution in [2.24, 2.45) is 5.92 Å². The minimum absolute atomic E-state index is 0.0139. The highest BCUT2D eigenvalue weighted by atomic mass is 35.5. The van der Waals surface area contributed by atoms with Gasteiger partial charge in [-0.25, -0.2) is 4.98 Å². The fourth-order valence-electron chi connectivity index (χ4n) is 2.71. The van der Waals surface area contributed by atoms with Crippen molar-refractivity contribution in [3.63, 3.8) is 0 Å². The van der Waals surface area contributed by atoms with Crippen molar-refractivity contribution in [3.05, 3.63) is 23.2 Å². The first kappa shape index (κ1) is 14.2. The Morgan fingerprint density at radius 3 is 2.95 bits per heavy atom. The summed E-state index contributed by atoms with van der Waals surface area (Å²) in [6, 6.07) is 5.61. The number of halogens is 1. The van der Waals surface area contributed by atoms with E-state index in [1.165, 1.54) is 0 Å². The van der Waals surface area contributed by atoms with Gasteiger partial charge < -0.3 is 14.6 Å². The van der Waals surface area contributed by atoms with E-state index in [0.29, 0.717) is 11.6 Å². The van der Waals surface area contributed by atoms with E-state index >= 15 is 0 Å². The number of rotatable bonds is 3. The number of imidazole rings is 1. The zero-order valence-corrected chi connectivity index (χ0v) is 12.7. The minimum Gasteiger partial charge on any atom is -0.466 e. The van der Waals surface area contributed by atoms with Gasteiger partial charge in [0.05, 0.1) is 23.6 Å². The van der Waals surface area contributed by atoms with Crippen molar-refractivity contribution in [2.75, 3.05) is 24.6 Å². The van der Waals surface area contributed by atoms with Gasteiger partial charge in [-0.1, -0.05) is 11.6 Å². The first-order chi connectivity index (χ1) is 10.2. The van der Waals surface area contributed by atoms with Crippen LogP contribution < -0.4 is 4.90 Å². The van der Waals surface area contributed by atoms with Crippen molar-refractivity contribution in [1.29, 1.82) is 0 Å². The Bertz CT molecular complexity index is 647. The maximum atomic E-state index is 11.7. The Labute approximate surface area is 128 Å². The SMILES string of the molecule is CCOC(=O)C1CCN(c2nc3ccc(Cl)cc3[nH]2)CC1. The summed E-state index contributed by atoms with van der Waals surface area (Å²) in [4.78, 5) is 21.8. The zero-order chi connectivity index (χ0) is 14.8. The van der Waals surface area contributed by atoms with E-state index in [2.05, 4.69) is 14.9 Å². The monoisotopic (exact) mass is 307 g/mol. The third-order valence-corrected chi connectivity index (χ3v) is 4.08. The molecule has 21 heavy (non-hydrogen) atoms. The summed E-state index contributed by atoms with van der Waals surface area (Å²) >= 11 is 5.98. The molecule has 2 aromatic rings. The molecular formula is C15H18ClN3O2. The number of H-pyrrole nitrogens is 1. The summed E-state index contributed by atoms with van der Waals surface area (Å²) in [6.45, 7) is 3.89. The van der Waals surface area contributed by atoms with Crippen LogP contribution in [-0.4, -0.2) is 35.6 Å². The molecule has 0 radical (unpaired) electrons. The summed E-state index contributed by atoms with van der Waals surface area (Å²) in [7, 11) is 0. The van der Waals surface area contributed by atoms with Crippen molar-refractivity contribution >= 4 is 34.6 Å². The van der Waals surface area contributed by atoms with Crippen LogP contribution in [0.1, 0.15) is 19.8 Å². The van der Waals surface area contributed by atoms with Crippen molar-refractivity contribution in [2.45, 2.75) is 19.8 Å². The number of hydrogen-bond donors (Lipinski definition) is 1. The molecule has 1 N–H and O–H groups in total. The molecule has 0 bridgehead atoms. The van der Waals surface area contributed by atoms with E-state index in [9.17, 15) is 4.79 Å². The molecule has 0 unspecified atom stereocenters. The maximum Gasteiger partial charge on any atom is 0.309 e. The molecule has 5 nitrogen and oxygen atoms in total. The summed E-state index contributed by atoms with van der Waals surface area (Å²) in [5.74, 6) is 0.781. The number of nitrogens with zero attached hydrogens (tertiary/aromatic N) is 2. The third kappa shape index (κ3) is 2.97. The molecule has 1 saturated heterocycles. The number of anilines is 1. The van der Waals surface area contributed by atoms with Crippen LogP contribution in [0.3, 0.4) is 0 Å². The molecule has 0 saturated carbocycles. The molecular weight excluding hydrogens is 290 g/mol. The molecule has 0 atom stereocenters. The predicted octanol–water partition coefficient (Wildman–Crippen LogP) is 3.00. The highest BCUT2D eigenvalue weighted by Crippen LogP contribution is 2.25. The average Bonchev–Trinajstić information content (AvgIpc) is 2.90. The number of carbonyl (C=O) groups is 1. The van der Waals surface area contributed by atoms with Crippen LogP contribution in [-0.2, 0) is 9.53 Å². The third-order valence-electron chi connectivity index (χ3n) is 3.85. The number of hydrogen-bond acceptors (Lipinski definition) is 4. The molecule has 3 rings (SSSR count). The smallest absolute Gasteiger partial charge is 0.309 e. The lowest BCUT2D eigenvalue weighted by atomic mass is 9.97. The Kier molecular flexibility index (Phi) is 4.01. The second kappa shape index (κ2) is 5.93. The summed E-state index contributed by atoms with van der Waals surface area (Å²) < 4.78 is 5.09. The van der Waals surface area contributed by atoms with E-state index in [1.807, 2.05) is 25.1 Å². The first-order valence-corrected chi connectivity index (χ1v) is 7.62. The number of benzene rings is 1. The minimum atomic E-state index is -0.0754. The Balaban J connectivity index is 1.69. The van der Waals surface area contributed by atoms with Gasteiger partial charge in [-0.15, -0.1) is 0 Å². The summed E-state index contributed by atoms with van der Waals surface area (Å²) in [5.41, 5.74) is 1.84. The summed E-state index contributed by atoms with van der Waals surface area (Å²) in [5, 5.41) is 0.693. The number of piperidine rings is 1. The lowest BCUT2D eigenvalue weighted by molar-refractivity contribution is -0.148. The second-order valence-electron chi connectivity index (χ2n) is 5.24. The fourth-order valence-corrected chi connectivity index (χ4v) is 2.88. The quantitative estimate of drug-likeness (QED) is 0.886. The number of carbonyl (C=O) groups excluding carboxylic acids is 1. The van der Waals surface area contributed by atoms with Crippen molar-refractivity contribution < 1.29 is 9.53 Å². The predicted molar refractivity (Wildman–Crippen MR) is 82.7 cm³/mol. The van der Waals surface area contributed by atoms with Crippen LogP contribution in [0.2, 0.25) is 5.02 Å². The zero-order valence-electron chi connectivity index (χ0n) is 11.9. The maximum absolute atomic E-state index is 11.7. The van der Waals surface area contributed by atoms with Crippen LogP contribution in [0.4, 0.5) is 5.95 Å². The first-order valence-electron chi connectivity index (χ1n) is 7.24. The van der Waals surface area contributed by atoms with E-state index in [-0.39, 0.29) is 11.9 Å². The van der Waals surface area contributed by atoms with E-state index in [1.54, 1.807) is 0 Å². The molecule has 0 amide bonds. The molecule has 1 aliphatic rings. The van der Waals surface area contributed by atoms with Crippen LogP contribution in [0, 0.1) is 5.92 Å². The van der Waals surface area contributed by atoms with Gasteiger partial charge in [-0.2, -0.15) is 0 Å². The van der Waals surface area contributed by atoms with Crippen LogP contribution in [0.5, 0.6) is 0 Å². The topological polar surface area (TPSA) is 58.2 Å². The van der Waals surface area contributed by atoms with Gasteiger partial charge in [0.25, 0.3) is 0 Å². The lowest BCUT2D eigenvalue weighted by Crippen LogP contribution is -2.37. The Hall–Kier alpha value is -1.75. The number of ether oxygens (including phenoxy) is 1. The molecule has 112 valence electrons. The van der Waals surface area contributed by atoms with Gasteiger partial charge in [0, 0.05) is 18.1 Å². The number of nitrogens with one attached hydrogen (secondary N) is 1.